The van der Waals surface area contributed by atoms with Crippen LogP contribution in [0.3, 0.4) is 0 Å². The maximum absolute atomic E-state index is 4.42. The number of aromatic nitrogens is 2. The molecule has 4 nitrogen and oxygen atoms in total. The van der Waals surface area contributed by atoms with Crippen LogP contribution in [-0.4, -0.2) is 23.1 Å². The Bertz CT molecular complexity index is 569. The van der Waals surface area contributed by atoms with Crippen LogP contribution < -0.4 is 10.2 Å². The molecule has 0 aliphatic rings. The third-order valence-electron chi connectivity index (χ3n) is 3.03. The van der Waals surface area contributed by atoms with Gasteiger partial charge in [0, 0.05) is 18.8 Å². The van der Waals surface area contributed by atoms with Crippen molar-refractivity contribution in [3.05, 3.63) is 40.6 Å². The van der Waals surface area contributed by atoms with Gasteiger partial charge in [-0.05, 0) is 48.8 Å². The molecule has 1 aromatic carbocycles. The van der Waals surface area contributed by atoms with Crippen molar-refractivity contribution in [2.45, 2.75) is 20.8 Å². The summed E-state index contributed by atoms with van der Waals surface area (Å²) in [5, 5.41) is 3.23. The van der Waals surface area contributed by atoms with Gasteiger partial charge in [0.2, 0.25) is 0 Å². The van der Waals surface area contributed by atoms with E-state index in [0.717, 1.165) is 34.9 Å². The molecule has 0 spiro atoms. The third kappa shape index (κ3) is 3.10. The first-order valence-corrected chi connectivity index (χ1v) is 7.55. The Balaban J connectivity index is 2.41. The summed E-state index contributed by atoms with van der Waals surface area (Å²) in [5.41, 5.74) is 2.37. The molecule has 2 aromatic rings. The molecular weight excluding hydrogens is 316 g/mol. The predicted octanol–water partition coefficient (Wildman–Crippen LogP) is 4.14. The number of aryl methyl sites for hydroxylation is 1. The van der Waals surface area contributed by atoms with Crippen LogP contribution in [0.15, 0.2) is 35.1 Å². The fraction of sp³-hybridized carbons (Fsp3) is 0.333. The van der Waals surface area contributed by atoms with Gasteiger partial charge in [0.15, 0.2) is 5.82 Å². The number of halogens is 1. The quantitative estimate of drug-likeness (QED) is 0.892. The standard InChI is InChI=1S/C15H19BrN4/c1-4-17-14-13(16)15(19-10-18-14)20(5-2)12-8-6-11(3)7-9-12/h6-10H,4-5H2,1-3H3,(H,17,18,19). The number of nitrogens with zero attached hydrogens (tertiary/aromatic N) is 3. The van der Waals surface area contributed by atoms with Crippen LogP contribution in [0.4, 0.5) is 17.3 Å². The second-order valence-corrected chi connectivity index (χ2v) is 5.26. The molecule has 0 aliphatic heterocycles. The van der Waals surface area contributed by atoms with E-state index in [9.17, 15) is 0 Å². The van der Waals surface area contributed by atoms with Crippen molar-refractivity contribution in [3.8, 4) is 0 Å². The zero-order valence-electron chi connectivity index (χ0n) is 12.0. The molecule has 1 N–H and O–H groups in total. The molecule has 0 atom stereocenters. The Hall–Kier alpha value is -1.62. The second kappa shape index (κ2) is 6.70. The smallest absolute Gasteiger partial charge is 0.152 e. The van der Waals surface area contributed by atoms with E-state index in [4.69, 9.17) is 0 Å². The Morgan fingerprint density at radius 3 is 2.45 bits per heavy atom. The molecular formula is C15H19BrN4. The lowest BCUT2D eigenvalue weighted by molar-refractivity contribution is 0.966. The van der Waals surface area contributed by atoms with E-state index >= 15 is 0 Å². The SMILES string of the molecule is CCNc1ncnc(N(CC)c2ccc(C)cc2)c1Br. The number of hydrogen-bond acceptors (Lipinski definition) is 4. The van der Waals surface area contributed by atoms with E-state index in [0.29, 0.717) is 0 Å². The van der Waals surface area contributed by atoms with Crippen LogP contribution in [-0.2, 0) is 0 Å². The van der Waals surface area contributed by atoms with Gasteiger partial charge in [-0.1, -0.05) is 17.7 Å². The van der Waals surface area contributed by atoms with Crippen LogP contribution in [0.5, 0.6) is 0 Å². The van der Waals surface area contributed by atoms with Gasteiger partial charge < -0.3 is 10.2 Å². The molecule has 0 aliphatic carbocycles. The topological polar surface area (TPSA) is 41.1 Å². The molecule has 0 bridgehead atoms. The number of benzene rings is 1. The highest BCUT2D eigenvalue weighted by Crippen LogP contribution is 2.33. The molecule has 20 heavy (non-hydrogen) atoms. The minimum Gasteiger partial charge on any atom is -0.369 e. The van der Waals surface area contributed by atoms with Crippen molar-refractivity contribution < 1.29 is 0 Å². The van der Waals surface area contributed by atoms with Crippen LogP contribution in [0.1, 0.15) is 19.4 Å². The van der Waals surface area contributed by atoms with Crippen molar-refractivity contribution in [1.29, 1.82) is 0 Å². The number of hydrogen-bond donors (Lipinski definition) is 1. The van der Waals surface area contributed by atoms with E-state index < -0.39 is 0 Å². The van der Waals surface area contributed by atoms with E-state index in [1.165, 1.54) is 5.56 Å². The molecule has 0 unspecified atom stereocenters. The third-order valence-corrected chi connectivity index (χ3v) is 3.76. The van der Waals surface area contributed by atoms with E-state index in [2.05, 4.69) is 74.2 Å². The Kier molecular flexibility index (Phi) is 4.95. The van der Waals surface area contributed by atoms with Gasteiger partial charge in [0.05, 0.1) is 0 Å². The average Bonchev–Trinajstić information content (AvgIpc) is 2.46. The Morgan fingerprint density at radius 2 is 1.85 bits per heavy atom. The van der Waals surface area contributed by atoms with Crippen molar-refractivity contribution in [2.75, 3.05) is 23.3 Å². The van der Waals surface area contributed by atoms with E-state index in [1.54, 1.807) is 6.33 Å². The molecule has 0 saturated carbocycles. The van der Waals surface area contributed by atoms with Gasteiger partial charge >= 0.3 is 0 Å². The summed E-state index contributed by atoms with van der Waals surface area (Å²) in [6, 6.07) is 8.44. The number of nitrogens with one attached hydrogen (secondary N) is 1. The molecule has 106 valence electrons. The lowest BCUT2D eigenvalue weighted by atomic mass is 10.2. The maximum atomic E-state index is 4.42. The lowest BCUT2D eigenvalue weighted by Gasteiger charge is -2.24. The van der Waals surface area contributed by atoms with Gasteiger partial charge in [-0.3, -0.25) is 0 Å². The van der Waals surface area contributed by atoms with Crippen molar-refractivity contribution in [3.63, 3.8) is 0 Å². The minimum atomic E-state index is 0.822. The molecule has 0 radical (unpaired) electrons. The van der Waals surface area contributed by atoms with Crippen molar-refractivity contribution in [1.82, 2.24) is 9.97 Å². The fourth-order valence-corrected chi connectivity index (χ4v) is 2.58. The summed E-state index contributed by atoms with van der Waals surface area (Å²) < 4.78 is 0.893. The molecule has 0 amide bonds. The fourth-order valence-electron chi connectivity index (χ4n) is 2.02. The minimum absolute atomic E-state index is 0.822. The largest absolute Gasteiger partial charge is 0.369 e. The van der Waals surface area contributed by atoms with Gasteiger partial charge in [-0.25, -0.2) is 9.97 Å². The normalized spacial score (nSPS) is 10.4. The highest BCUT2D eigenvalue weighted by Gasteiger charge is 2.15. The highest BCUT2D eigenvalue weighted by atomic mass is 79.9. The van der Waals surface area contributed by atoms with Crippen LogP contribution in [0, 0.1) is 6.92 Å². The molecule has 0 saturated heterocycles. The Labute approximate surface area is 128 Å². The highest BCUT2D eigenvalue weighted by molar-refractivity contribution is 9.10. The van der Waals surface area contributed by atoms with Crippen LogP contribution in [0.2, 0.25) is 0 Å². The summed E-state index contributed by atoms with van der Waals surface area (Å²) in [7, 11) is 0. The van der Waals surface area contributed by atoms with Crippen molar-refractivity contribution >= 4 is 33.3 Å². The van der Waals surface area contributed by atoms with Gasteiger partial charge in [-0.2, -0.15) is 0 Å². The van der Waals surface area contributed by atoms with Gasteiger partial charge in [-0.15, -0.1) is 0 Å². The van der Waals surface area contributed by atoms with Crippen LogP contribution in [0.25, 0.3) is 0 Å². The Morgan fingerprint density at radius 1 is 1.15 bits per heavy atom. The first kappa shape index (κ1) is 14.8. The summed E-state index contributed by atoms with van der Waals surface area (Å²) in [6.07, 6.45) is 1.59. The first-order chi connectivity index (χ1) is 9.67. The van der Waals surface area contributed by atoms with Gasteiger partial charge in [0.1, 0.15) is 16.6 Å². The summed E-state index contributed by atoms with van der Waals surface area (Å²) in [6.45, 7) is 7.91. The van der Waals surface area contributed by atoms with Crippen LogP contribution >= 0.6 is 15.9 Å². The zero-order valence-corrected chi connectivity index (χ0v) is 13.6. The van der Waals surface area contributed by atoms with E-state index in [-0.39, 0.29) is 0 Å². The van der Waals surface area contributed by atoms with E-state index in [1.807, 2.05) is 6.92 Å². The summed E-state index contributed by atoms with van der Waals surface area (Å²) in [5.74, 6) is 1.70. The molecule has 5 heteroatoms. The summed E-state index contributed by atoms with van der Waals surface area (Å²) in [4.78, 5) is 10.8. The molecule has 1 heterocycles. The molecule has 2 rings (SSSR count). The lowest BCUT2D eigenvalue weighted by Crippen LogP contribution is -2.18. The zero-order chi connectivity index (χ0) is 14.5. The number of rotatable bonds is 5. The number of anilines is 3. The summed E-state index contributed by atoms with van der Waals surface area (Å²) >= 11 is 3.61. The monoisotopic (exact) mass is 334 g/mol. The molecule has 0 fully saturated rings. The average molecular weight is 335 g/mol. The second-order valence-electron chi connectivity index (χ2n) is 4.47. The maximum Gasteiger partial charge on any atom is 0.152 e. The molecule has 1 aromatic heterocycles. The van der Waals surface area contributed by atoms with Gasteiger partial charge in [0.25, 0.3) is 0 Å². The predicted molar refractivity (Wildman–Crippen MR) is 87.8 cm³/mol. The first-order valence-electron chi connectivity index (χ1n) is 6.76. The van der Waals surface area contributed by atoms with Crippen molar-refractivity contribution in [2.24, 2.45) is 0 Å².